The van der Waals surface area contributed by atoms with Crippen LogP contribution in [0.25, 0.3) is 6.08 Å². The molecule has 1 N–H and O–H groups in total. The van der Waals surface area contributed by atoms with Crippen LogP contribution in [0.3, 0.4) is 0 Å². The number of ether oxygens (including phenoxy) is 1. The van der Waals surface area contributed by atoms with Gasteiger partial charge in [-0.05, 0) is 26.3 Å². The Morgan fingerprint density at radius 1 is 1.29 bits per heavy atom. The van der Waals surface area contributed by atoms with Gasteiger partial charge in [-0.1, -0.05) is 42.5 Å². The van der Waals surface area contributed by atoms with Crippen molar-refractivity contribution in [2.45, 2.75) is 32.5 Å². The molecular weight excluding hydrogens is 266 g/mol. The first-order valence-corrected chi connectivity index (χ1v) is 7.24. The van der Waals surface area contributed by atoms with Crippen LogP contribution in [-0.2, 0) is 4.74 Å². The van der Waals surface area contributed by atoms with E-state index in [2.05, 4.69) is 0 Å². The predicted octanol–water partition coefficient (Wildman–Crippen LogP) is 2.93. The maximum absolute atomic E-state index is 12.0. The van der Waals surface area contributed by atoms with Crippen LogP contribution in [0.15, 0.2) is 36.4 Å². The smallest absolute Gasteiger partial charge is 0.410 e. The summed E-state index contributed by atoms with van der Waals surface area (Å²) in [6.07, 6.45) is 3.03. The zero-order valence-corrected chi connectivity index (χ0v) is 12.8. The Morgan fingerprint density at radius 2 is 1.95 bits per heavy atom. The Kier molecular flexibility index (Phi) is 4.68. The van der Waals surface area contributed by atoms with Crippen LogP contribution in [0.4, 0.5) is 4.79 Å². The van der Waals surface area contributed by atoms with Crippen molar-refractivity contribution in [3.8, 4) is 0 Å². The zero-order chi connectivity index (χ0) is 15.5. The third kappa shape index (κ3) is 4.60. The maximum atomic E-state index is 12.0. The quantitative estimate of drug-likeness (QED) is 0.910. The highest BCUT2D eigenvalue weighted by atomic mass is 16.6. The van der Waals surface area contributed by atoms with Crippen LogP contribution in [0, 0.1) is 5.92 Å². The predicted molar refractivity (Wildman–Crippen MR) is 82.8 cm³/mol. The van der Waals surface area contributed by atoms with E-state index in [-0.39, 0.29) is 12.0 Å². The Morgan fingerprint density at radius 3 is 2.57 bits per heavy atom. The van der Waals surface area contributed by atoms with Gasteiger partial charge in [-0.25, -0.2) is 4.79 Å². The molecular formula is C17H23NO3. The third-order valence-electron chi connectivity index (χ3n) is 3.32. The number of benzene rings is 1. The monoisotopic (exact) mass is 289 g/mol. The molecule has 4 heteroatoms. The molecule has 2 atom stereocenters. The number of carbonyl (C=O) groups excluding carboxylic acids is 1. The van der Waals surface area contributed by atoms with Crippen molar-refractivity contribution in [1.29, 1.82) is 0 Å². The number of carbonyl (C=O) groups is 1. The summed E-state index contributed by atoms with van der Waals surface area (Å²) in [5.74, 6) is -0.0577. The third-order valence-corrected chi connectivity index (χ3v) is 3.32. The van der Waals surface area contributed by atoms with Crippen molar-refractivity contribution in [2.24, 2.45) is 5.92 Å². The van der Waals surface area contributed by atoms with Gasteiger partial charge in [-0.15, -0.1) is 0 Å². The van der Waals surface area contributed by atoms with Crippen LogP contribution < -0.4 is 0 Å². The van der Waals surface area contributed by atoms with Crippen LogP contribution in [-0.4, -0.2) is 40.9 Å². The SMILES string of the molecule is CC(C)(C)OC(=O)N1C[C@H](O)[C@@H](/C=C/c2ccccc2)C1. The number of rotatable bonds is 2. The first-order valence-electron chi connectivity index (χ1n) is 7.24. The first kappa shape index (κ1) is 15.6. The lowest BCUT2D eigenvalue weighted by Gasteiger charge is -2.24. The average molecular weight is 289 g/mol. The standard InChI is InChI=1S/C17H23NO3/c1-17(2,3)21-16(20)18-11-14(15(19)12-18)10-9-13-7-5-4-6-8-13/h4-10,14-15,19H,11-12H2,1-3H3/b10-9+/t14-,15-/m0/s1. The molecule has 1 heterocycles. The molecule has 1 aromatic carbocycles. The molecule has 0 saturated carbocycles. The Bertz CT molecular complexity index is 505. The lowest BCUT2D eigenvalue weighted by Crippen LogP contribution is -2.35. The van der Waals surface area contributed by atoms with Crippen LogP contribution in [0.2, 0.25) is 0 Å². The number of aliphatic hydroxyl groups is 1. The highest BCUT2D eigenvalue weighted by Crippen LogP contribution is 2.22. The molecule has 1 aliphatic rings. The molecule has 1 aromatic rings. The Labute approximate surface area is 126 Å². The summed E-state index contributed by atoms with van der Waals surface area (Å²) in [5.41, 5.74) is 0.570. The summed E-state index contributed by atoms with van der Waals surface area (Å²) in [4.78, 5) is 13.6. The van der Waals surface area contributed by atoms with Crippen molar-refractivity contribution >= 4 is 12.2 Å². The highest BCUT2D eigenvalue weighted by Gasteiger charge is 2.34. The minimum absolute atomic E-state index is 0.0577. The van der Waals surface area contributed by atoms with Crippen LogP contribution in [0.5, 0.6) is 0 Å². The number of likely N-dealkylation sites (tertiary alicyclic amines) is 1. The fourth-order valence-corrected chi connectivity index (χ4v) is 2.28. The van der Waals surface area contributed by atoms with E-state index in [1.54, 1.807) is 4.90 Å². The number of hydrogen-bond acceptors (Lipinski definition) is 3. The number of nitrogens with zero attached hydrogens (tertiary/aromatic N) is 1. The summed E-state index contributed by atoms with van der Waals surface area (Å²) in [6, 6.07) is 9.91. The van der Waals surface area contributed by atoms with Gasteiger partial charge in [0.05, 0.1) is 12.6 Å². The maximum Gasteiger partial charge on any atom is 0.410 e. The van der Waals surface area contributed by atoms with Gasteiger partial charge in [0.25, 0.3) is 0 Å². The van der Waals surface area contributed by atoms with Crippen molar-refractivity contribution in [3.05, 3.63) is 42.0 Å². The van der Waals surface area contributed by atoms with E-state index < -0.39 is 11.7 Å². The lowest BCUT2D eigenvalue weighted by atomic mass is 10.0. The molecule has 114 valence electrons. The van der Waals surface area contributed by atoms with Crippen molar-refractivity contribution in [3.63, 3.8) is 0 Å². The van der Waals surface area contributed by atoms with E-state index in [4.69, 9.17) is 4.74 Å². The van der Waals surface area contributed by atoms with Gasteiger partial charge >= 0.3 is 6.09 Å². The number of β-amino-alcohol motifs (C(OH)–C–C–N with tert-alkyl or cyclic N) is 1. The van der Waals surface area contributed by atoms with Gasteiger partial charge in [-0.3, -0.25) is 0 Å². The molecule has 2 rings (SSSR count). The molecule has 1 saturated heterocycles. The molecule has 1 amide bonds. The molecule has 0 aromatic heterocycles. The Balaban J connectivity index is 1.95. The number of hydrogen-bond donors (Lipinski definition) is 1. The normalized spacial score (nSPS) is 22.8. The van der Waals surface area contributed by atoms with Crippen LogP contribution in [0.1, 0.15) is 26.3 Å². The zero-order valence-electron chi connectivity index (χ0n) is 12.8. The van der Waals surface area contributed by atoms with Gasteiger partial charge in [0.1, 0.15) is 5.60 Å². The number of amides is 1. The molecule has 0 unspecified atom stereocenters. The summed E-state index contributed by atoms with van der Waals surface area (Å²) in [5, 5.41) is 10.1. The number of aliphatic hydroxyl groups excluding tert-OH is 1. The lowest BCUT2D eigenvalue weighted by molar-refractivity contribution is 0.0270. The fourth-order valence-electron chi connectivity index (χ4n) is 2.28. The van der Waals surface area contributed by atoms with Crippen molar-refractivity contribution in [2.75, 3.05) is 13.1 Å². The van der Waals surface area contributed by atoms with Gasteiger partial charge in [0.2, 0.25) is 0 Å². The van der Waals surface area contributed by atoms with Crippen molar-refractivity contribution < 1.29 is 14.6 Å². The second-order valence-electron chi connectivity index (χ2n) is 6.39. The van der Waals surface area contributed by atoms with Gasteiger partial charge in [-0.2, -0.15) is 0 Å². The van der Waals surface area contributed by atoms with E-state index in [0.29, 0.717) is 13.1 Å². The molecule has 4 nitrogen and oxygen atoms in total. The average Bonchev–Trinajstić information content (AvgIpc) is 2.77. The van der Waals surface area contributed by atoms with Gasteiger partial charge < -0.3 is 14.7 Å². The van der Waals surface area contributed by atoms with E-state index in [0.717, 1.165) is 5.56 Å². The summed E-state index contributed by atoms with van der Waals surface area (Å²) >= 11 is 0. The summed E-state index contributed by atoms with van der Waals surface area (Å²) in [6.45, 7) is 6.32. The second-order valence-corrected chi connectivity index (χ2v) is 6.39. The topological polar surface area (TPSA) is 49.8 Å². The van der Waals surface area contributed by atoms with Crippen LogP contribution >= 0.6 is 0 Å². The first-order chi connectivity index (χ1) is 9.85. The van der Waals surface area contributed by atoms with E-state index >= 15 is 0 Å². The summed E-state index contributed by atoms with van der Waals surface area (Å²) in [7, 11) is 0. The fraction of sp³-hybridized carbons (Fsp3) is 0.471. The molecule has 0 bridgehead atoms. The van der Waals surface area contributed by atoms with E-state index in [9.17, 15) is 9.90 Å². The second kappa shape index (κ2) is 6.31. The minimum Gasteiger partial charge on any atom is -0.444 e. The van der Waals surface area contributed by atoms with E-state index in [1.807, 2.05) is 63.3 Å². The molecule has 0 aliphatic carbocycles. The highest BCUT2D eigenvalue weighted by molar-refractivity contribution is 5.68. The summed E-state index contributed by atoms with van der Waals surface area (Å²) < 4.78 is 5.33. The molecule has 21 heavy (non-hydrogen) atoms. The van der Waals surface area contributed by atoms with Gasteiger partial charge in [0, 0.05) is 12.5 Å². The molecule has 0 radical (unpaired) electrons. The van der Waals surface area contributed by atoms with Gasteiger partial charge in [0.15, 0.2) is 0 Å². The minimum atomic E-state index is -0.544. The molecule has 1 aliphatic heterocycles. The molecule has 1 fully saturated rings. The largest absolute Gasteiger partial charge is 0.444 e. The van der Waals surface area contributed by atoms with E-state index in [1.165, 1.54) is 0 Å². The molecule has 0 spiro atoms. The van der Waals surface area contributed by atoms with Crippen molar-refractivity contribution in [1.82, 2.24) is 4.90 Å². The Hall–Kier alpha value is -1.81.